The first-order chi connectivity index (χ1) is 7.09. The third-order valence-corrected chi connectivity index (χ3v) is 3.02. The van der Waals surface area contributed by atoms with Crippen LogP contribution in [0.4, 0.5) is 0 Å². The lowest BCUT2D eigenvalue weighted by molar-refractivity contribution is 0.446. The van der Waals surface area contributed by atoms with Gasteiger partial charge in [0.15, 0.2) is 11.6 Å². The van der Waals surface area contributed by atoms with Gasteiger partial charge in [-0.05, 0) is 37.9 Å². The van der Waals surface area contributed by atoms with Crippen LogP contribution in [0.3, 0.4) is 0 Å². The molecule has 2 rings (SSSR count). The topological polar surface area (TPSA) is 79.1 Å². The minimum absolute atomic E-state index is 0.00562. The second-order valence-electron chi connectivity index (χ2n) is 2.65. The maximum atomic E-state index is 11.3. The molecule has 15 heavy (non-hydrogen) atoms. The van der Waals surface area contributed by atoms with E-state index < -0.39 is 5.56 Å². The smallest absolute Gasteiger partial charge is 0.269 e. The maximum absolute atomic E-state index is 11.3. The molecule has 2 aromatic heterocycles. The molecular weight excluding hydrogens is 332 g/mol. The van der Waals surface area contributed by atoms with Crippen LogP contribution in [0.2, 0.25) is 0 Å². The van der Waals surface area contributed by atoms with Crippen molar-refractivity contribution in [3.05, 3.63) is 31.6 Å². The molecule has 5 nitrogen and oxygen atoms in total. The maximum Gasteiger partial charge on any atom is 0.269 e. The molecule has 0 aromatic carbocycles. The monoisotopic (exact) mass is 334 g/mol. The zero-order valence-corrected chi connectivity index (χ0v) is 10.3. The molecule has 0 unspecified atom stereocenters. The van der Waals surface area contributed by atoms with E-state index in [1.165, 1.54) is 6.26 Å². The third kappa shape index (κ3) is 1.84. The lowest BCUT2D eigenvalue weighted by Crippen LogP contribution is -2.09. The number of aromatic nitrogens is 2. The Labute approximate surface area is 100 Å². The second kappa shape index (κ2) is 3.82. The van der Waals surface area contributed by atoms with Gasteiger partial charge in [0.05, 0.1) is 10.7 Å². The fraction of sp³-hybridized carbons (Fsp3) is 0. The summed E-state index contributed by atoms with van der Waals surface area (Å²) in [5, 5.41) is 9.34. The highest BCUT2D eigenvalue weighted by Crippen LogP contribution is 2.27. The molecule has 2 heterocycles. The van der Waals surface area contributed by atoms with Gasteiger partial charge in [-0.25, -0.2) is 0 Å². The van der Waals surface area contributed by atoms with Crippen LogP contribution in [0.25, 0.3) is 11.6 Å². The van der Waals surface area contributed by atoms with Crippen molar-refractivity contribution in [3.8, 4) is 17.5 Å². The molecular formula is C8H4Br2N2O3. The molecule has 0 aliphatic carbocycles. The molecule has 2 aromatic rings. The minimum atomic E-state index is -0.471. The summed E-state index contributed by atoms with van der Waals surface area (Å²) in [6.45, 7) is 0. The predicted molar refractivity (Wildman–Crippen MR) is 59.6 cm³/mol. The van der Waals surface area contributed by atoms with Crippen LogP contribution in [0.5, 0.6) is 5.88 Å². The van der Waals surface area contributed by atoms with Gasteiger partial charge in [-0.1, -0.05) is 0 Å². The Morgan fingerprint density at radius 1 is 1.47 bits per heavy atom. The molecule has 78 valence electrons. The van der Waals surface area contributed by atoms with E-state index >= 15 is 0 Å². The summed E-state index contributed by atoms with van der Waals surface area (Å²) in [6, 6.07) is 1.66. The van der Waals surface area contributed by atoms with Gasteiger partial charge in [-0.15, -0.1) is 0 Å². The quantitative estimate of drug-likeness (QED) is 0.837. The highest BCUT2D eigenvalue weighted by Gasteiger charge is 2.13. The Bertz CT molecular complexity index is 561. The van der Waals surface area contributed by atoms with Crippen LogP contribution in [-0.4, -0.2) is 15.1 Å². The predicted octanol–water partition coefficient (Wildman–Crippen LogP) is 2.26. The SMILES string of the molecule is O=c1[nH]c(-c2occc2Br)nc(O)c1Br. The van der Waals surface area contributed by atoms with Crippen molar-refractivity contribution in [1.82, 2.24) is 9.97 Å². The summed E-state index contributed by atoms with van der Waals surface area (Å²) in [5.41, 5.74) is -0.471. The summed E-state index contributed by atoms with van der Waals surface area (Å²) in [6.07, 6.45) is 1.44. The summed E-state index contributed by atoms with van der Waals surface area (Å²) in [4.78, 5) is 17.5. The van der Waals surface area contributed by atoms with Gasteiger partial charge < -0.3 is 14.5 Å². The molecule has 0 aliphatic rings. The number of H-pyrrole nitrogens is 1. The zero-order valence-electron chi connectivity index (χ0n) is 7.12. The van der Waals surface area contributed by atoms with Crippen molar-refractivity contribution in [2.45, 2.75) is 0 Å². The third-order valence-electron chi connectivity index (χ3n) is 1.68. The summed E-state index contributed by atoms with van der Waals surface area (Å²) in [5.74, 6) is 0.143. The van der Waals surface area contributed by atoms with Crippen LogP contribution in [0.15, 0.2) is 30.5 Å². The number of rotatable bonds is 1. The highest BCUT2D eigenvalue weighted by molar-refractivity contribution is 9.10. The Hall–Kier alpha value is -1.08. The molecule has 0 saturated heterocycles. The average molecular weight is 336 g/mol. The molecule has 0 radical (unpaired) electrons. The van der Waals surface area contributed by atoms with Crippen molar-refractivity contribution in [2.75, 3.05) is 0 Å². The number of nitrogens with one attached hydrogen (secondary N) is 1. The van der Waals surface area contributed by atoms with E-state index in [4.69, 9.17) is 4.42 Å². The lowest BCUT2D eigenvalue weighted by Gasteiger charge is -1.99. The molecule has 0 aliphatic heterocycles. The first-order valence-corrected chi connectivity index (χ1v) is 5.40. The Morgan fingerprint density at radius 3 is 2.73 bits per heavy atom. The van der Waals surface area contributed by atoms with Crippen LogP contribution < -0.4 is 5.56 Å². The van der Waals surface area contributed by atoms with Crippen LogP contribution in [0.1, 0.15) is 0 Å². The van der Waals surface area contributed by atoms with Crippen molar-refractivity contribution in [2.24, 2.45) is 0 Å². The van der Waals surface area contributed by atoms with Crippen molar-refractivity contribution in [3.63, 3.8) is 0 Å². The van der Waals surface area contributed by atoms with Gasteiger partial charge in [-0.2, -0.15) is 4.98 Å². The van der Waals surface area contributed by atoms with Gasteiger partial charge >= 0.3 is 0 Å². The van der Waals surface area contributed by atoms with Crippen molar-refractivity contribution in [1.29, 1.82) is 0 Å². The van der Waals surface area contributed by atoms with Gasteiger partial charge in [0.25, 0.3) is 5.56 Å². The highest BCUT2D eigenvalue weighted by atomic mass is 79.9. The number of nitrogens with zero attached hydrogens (tertiary/aromatic N) is 1. The van der Waals surface area contributed by atoms with E-state index in [1.807, 2.05) is 0 Å². The fourth-order valence-electron chi connectivity index (χ4n) is 1.02. The number of halogens is 2. The number of furan rings is 1. The second-order valence-corrected chi connectivity index (χ2v) is 4.30. The Morgan fingerprint density at radius 2 is 2.20 bits per heavy atom. The normalized spacial score (nSPS) is 10.5. The molecule has 7 heteroatoms. The largest absolute Gasteiger partial charge is 0.492 e. The number of hydrogen-bond donors (Lipinski definition) is 2. The summed E-state index contributed by atoms with van der Waals surface area (Å²) in [7, 11) is 0. The lowest BCUT2D eigenvalue weighted by atomic mass is 10.4. The Balaban J connectivity index is 2.66. The summed E-state index contributed by atoms with van der Waals surface area (Å²) < 4.78 is 5.73. The van der Waals surface area contributed by atoms with E-state index in [2.05, 4.69) is 41.8 Å². The van der Waals surface area contributed by atoms with Crippen LogP contribution in [0, 0.1) is 0 Å². The summed E-state index contributed by atoms with van der Waals surface area (Å²) >= 11 is 6.12. The van der Waals surface area contributed by atoms with Crippen LogP contribution in [-0.2, 0) is 0 Å². The first-order valence-electron chi connectivity index (χ1n) is 3.81. The van der Waals surface area contributed by atoms with Crippen molar-refractivity contribution >= 4 is 31.9 Å². The number of hydrogen-bond acceptors (Lipinski definition) is 4. The van der Waals surface area contributed by atoms with E-state index in [0.29, 0.717) is 10.2 Å². The van der Waals surface area contributed by atoms with Gasteiger partial charge in [0.2, 0.25) is 5.88 Å². The number of aromatic hydroxyl groups is 1. The first kappa shape index (κ1) is 10.4. The molecule has 0 fully saturated rings. The molecule has 0 bridgehead atoms. The molecule has 0 amide bonds. The standard InChI is InChI=1S/C8H4Br2N2O3/c9-3-1-2-15-5(3)6-11-7(13)4(10)8(14)12-6/h1-2H,(H2,11,12,13,14). The zero-order chi connectivity index (χ0) is 11.0. The van der Waals surface area contributed by atoms with Gasteiger partial charge in [0.1, 0.15) is 4.47 Å². The van der Waals surface area contributed by atoms with E-state index in [1.54, 1.807) is 6.07 Å². The van der Waals surface area contributed by atoms with E-state index in [9.17, 15) is 9.90 Å². The van der Waals surface area contributed by atoms with Crippen molar-refractivity contribution < 1.29 is 9.52 Å². The molecule has 0 spiro atoms. The number of aromatic amines is 1. The Kier molecular flexibility index (Phi) is 2.66. The van der Waals surface area contributed by atoms with Gasteiger partial charge in [0, 0.05) is 0 Å². The van der Waals surface area contributed by atoms with E-state index in [-0.39, 0.29) is 16.2 Å². The van der Waals surface area contributed by atoms with E-state index in [0.717, 1.165) is 0 Å². The van der Waals surface area contributed by atoms with Crippen LogP contribution >= 0.6 is 31.9 Å². The fourth-order valence-corrected chi connectivity index (χ4v) is 1.59. The molecule has 0 saturated carbocycles. The molecule has 0 atom stereocenters. The average Bonchev–Trinajstić information content (AvgIpc) is 2.60. The minimum Gasteiger partial charge on any atom is -0.492 e. The van der Waals surface area contributed by atoms with Gasteiger partial charge in [-0.3, -0.25) is 4.79 Å². The molecule has 2 N–H and O–H groups in total.